The molecule has 10 heavy (non-hydrogen) atoms. The van der Waals surface area contributed by atoms with Crippen LogP contribution < -0.4 is 11.3 Å². The van der Waals surface area contributed by atoms with E-state index in [2.05, 4.69) is 5.43 Å². The third kappa shape index (κ3) is 1.26. The number of rotatable bonds is 2. The van der Waals surface area contributed by atoms with Crippen LogP contribution in [-0.4, -0.2) is 11.1 Å². The number of nitrogens with one attached hydrogen (secondary N) is 1. The number of hydrogen-bond donors (Lipinski definition) is 3. The van der Waals surface area contributed by atoms with Crippen LogP contribution in [0.4, 0.5) is 5.00 Å². The molecule has 5 heteroatoms. The second kappa shape index (κ2) is 2.68. The van der Waals surface area contributed by atoms with Gasteiger partial charge in [-0.1, -0.05) is 0 Å². The molecule has 4 N–H and O–H groups in total. The molecule has 0 saturated heterocycles. The van der Waals surface area contributed by atoms with Crippen molar-refractivity contribution in [3.8, 4) is 0 Å². The predicted molar refractivity (Wildman–Crippen MR) is 39.1 cm³/mol. The summed E-state index contributed by atoms with van der Waals surface area (Å²) in [6.45, 7) is 0. The SMILES string of the molecule is NNc1ccc(C(=O)O)s1. The minimum Gasteiger partial charge on any atom is -0.477 e. The molecule has 1 rings (SSSR count). The van der Waals surface area contributed by atoms with E-state index in [1.165, 1.54) is 6.07 Å². The van der Waals surface area contributed by atoms with E-state index >= 15 is 0 Å². The number of thiophene rings is 1. The quantitative estimate of drug-likeness (QED) is 0.438. The summed E-state index contributed by atoms with van der Waals surface area (Å²) in [4.78, 5) is 10.6. The molecule has 0 spiro atoms. The number of aromatic carboxylic acids is 1. The van der Waals surface area contributed by atoms with Gasteiger partial charge in [-0.2, -0.15) is 0 Å². The molecule has 0 aliphatic carbocycles. The minimum absolute atomic E-state index is 0.285. The van der Waals surface area contributed by atoms with E-state index in [0.29, 0.717) is 5.00 Å². The van der Waals surface area contributed by atoms with Crippen molar-refractivity contribution in [2.75, 3.05) is 5.43 Å². The fourth-order valence-electron chi connectivity index (χ4n) is 0.530. The summed E-state index contributed by atoms with van der Waals surface area (Å²) in [6.07, 6.45) is 0. The van der Waals surface area contributed by atoms with Crippen LogP contribution in [0.25, 0.3) is 0 Å². The van der Waals surface area contributed by atoms with Gasteiger partial charge >= 0.3 is 5.97 Å². The van der Waals surface area contributed by atoms with E-state index in [-0.39, 0.29) is 4.88 Å². The first kappa shape index (κ1) is 7.04. The van der Waals surface area contributed by atoms with Gasteiger partial charge in [0.25, 0.3) is 0 Å². The Balaban J connectivity index is 2.88. The molecule has 0 aliphatic heterocycles. The normalized spacial score (nSPS) is 9.30. The van der Waals surface area contributed by atoms with E-state index in [1.54, 1.807) is 6.07 Å². The lowest BCUT2D eigenvalue weighted by molar-refractivity contribution is 0.0702. The number of hydrogen-bond acceptors (Lipinski definition) is 4. The van der Waals surface area contributed by atoms with Gasteiger partial charge in [0.15, 0.2) is 0 Å². The molecule has 0 atom stereocenters. The Bertz CT molecular complexity index is 246. The van der Waals surface area contributed by atoms with Crippen molar-refractivity contribution in [2.24, 2.45) is 5.84 Å². The fraction of sp³-hybridized carbons (Fsp3) is 0. The van der Waals surface area contributed by atoms with Crippen LogP contribution in [0.2, 0.25) is 0 Å². The highest BCUT2D eigenvalue weighted by molar-refractivity contribution is 7.17. The lowest BCUT2D eigenvalue weighted by Gasteiger charge is -1.88. The molecule has 1 aromatic rings. The minimum atomic E-state index is -0.925. The highest BCUT2D eigenvalue weighted by Crippen LogP contribution is 2.19. The summed E-state index contributed by atoms with van der Waals surface area (Å²) in [5, 5.41) is 9.09. The first-order valence-electron chi connectivity index (χ1n) is 2.54. The zero-order chi connectivity index (χ0) is 7.56. The average Bonchev–Trinajstić information content (AvgIpc) is 2.34. The molecule has 0 aromatic carbocycles. The third-order valence-corrected chi connectivity index (χ3v) is 1.96. The number of anilines is 1. The number of carboxylic acids is 1. The van der Waals surface area contributed by atoms with Crippen molar-refractivity contribution >= 4 is 22.3 Å². The van der Waals surface area contributed by atoms with Crippen molar-refractivity contribution in [1.82, 2.24) is 0 Å². The summed E-state index contributed by atoms with van der Waals surface area (Å²) in [6, 6.07) is 3.12. The van der Waals surface area contributed by atoms with E-state index in [1.807, 2.05) is 0 Å². The summed E-state index contributed by atoms with van der Waals surface area (Å²) in [5.41, 5.74) is 2.36. The molecule has 0 unspecified atom stereocenters. The maximum atomic E-state index is 10.3. The second-order valence-electron chi connectivity index (χ2n) is 1.61. The molecular formula is C5H6N2O2S. The molecule has 54 valence electrons. The van der Waals surface area contributed by atoms with Crippen LogP contribution in [0.5, 0.6) is 0 Å². The summed E-state index contributed by atoms with van der Waals surface area (Å²) < 4.78 is 0. The number of nitrogens with two attached hydrogens (primary N) is 1. The highest BCUT2D eigenvalue weighted by atomic mass is 32.1. The van der Waals surface area contributed by atoms with Gasteiger partial charge in [0, 0.05) is 0 Å². The van der Waals surface area contributed by atoms with Crippen LogP contribution >= 0.6 is 11.3 Å². The fourth-order valence-corrected chi connectivity index (χ4v) is 1.19. The molecule has 0 radical (unpaired) electrons. The van der Waals surface area contributed by atoms with Gasteiger partial charge in [-0.25, -0.2) is 10.6 Å². The maximum absolute atomic E-state index is 10.3. The van der Waals surface area contributed by atoms with Gasteiger partial charge in [-0.15, -0.1) is 11.3 Å². The van der Waals surface area contributed by atoms with Crippen molar-refractivity contribution in [3.63, 3.8) is 0 Å². The Morgan fingerprint density at radius 2 is 2.40 bits per heavy atom. The van der Waals surface area contributed by atoms with Crippen LogP contribution in [0, 0.1) is 0 Å². The third-order valence-electron chi connectivity index (χ3n) is 0.959. The number of hydrazine groups is 1. The summed E-state index contributed by atoms with van der Waals surface area (Å²) >= 11 is 1.11. The Labute approximate surface area is 61.3 Å². The van der Waals surface area contributed by atoms with Gasteiger partial charge in [0.05, 0.1) is 0 Å². The second-order valence-corrected chi connectivity index (χ2v) is 2.70. The van der Waals surface area contributed by atoms with Gasteiger partial charge in [-0.3, -0.25) is 0 Å². The number of nitrogen functional groups attached to an aromatic ring is 1. The van der Waals surface area contributed by atoms with E-state index in [4.69, 9.17) is 10.9 Å². The molecule has 0 amide bonds. The lowest BCUT2D eigenvalue weighted by atomic mass is 10.5. The van der Waals surface area contributed by atoms with Crippen LogP contribution in [0.1, 0.15) is 9.67 Å². The first-order chi connectivity index (χ1) is 4.74. The van der Waals surface area contributed by atoms with Crippen molar-refractivity contribution < 1.29 is 9.90 Å². The van der Waals surface area contributed by atoms with Gasteiger partial charge < -0.3 is 10.5 Å². The van der Waals surface area contributed by atoms with E-state index in [0.717, 1.165) is 11.3 Å². The van der Waals surface area contributed by atoms with Gasteiger partial charge in [0.1, 0.15) is 9.88 Å². The smallest absolute Gasteiger partial charge is 0.345 e. The van der Waals surface area contributed by atoms with E-state index in [9.17, 15) is 4.79 Å². The Kier molecular flexibility index (Phi) is 1.88. The monoisotopic (exact) mass is 158 g/mol. The predicted octanol–water partition coefficient (Wildman–Crippen LogP) is 0.732. The molecule has 0 fully saturated rings. The number of carboxylic acid groups (broad SMARTS) is 1. The van der Waals surface area contributed by atoms with Crippen LogP contribution in [0.3, 0.4) is 0 Å². The molecular weight excluding hydrogens is 152 g/mol. The zero-order valence-corrected chi connectivity index (χ0v) is 5.81. The maximum Gasteiger partial charge on any atom is 0.345 e. The molecule has 0 bridgehead atoms. The molecule has 0 aliphatic rings. The molecule has 4 nitrogen and oxygen atoms in total. The van der Waals surface area contributed by atoms with Crippen LogP contribution in [-0.2, 0) is 0 Å². The average molecular weight is 158 g/mol. The molecule has 0 saturated carbocycles. The Hall–Kier alpha value is -1.07. The summed E-state index contributed by atoms with van der Waals surface area (Å²) in [7, 11) is 0. The first-order valence-corrected chi connectivity index (χ1v) is 3.35. The highest BCUT2D eigenvalue weighted by Gasteiger charge is 2.04. The standard InChI is InChI=1S/C5H6N2O2S/c6-7-4-2-1-3(10-4)5(8)9/h1-2,7H,6H2,(H,8,9). The lowest BCUT2D eigenvalue weighted by Crippen LogP contribution is -2.04. The topological polar surface area (TPSA) is 75.3 Å². The summed E-state index contributed by atoms with van der Waals surface area (Å²) in [5.74, 6) is 4.11. The Morgan fingerprint density at radius 3 is 2.70 bits per heavy atom. The van der Waals surface area contributed by atoms with Crippen molar-refractivity contribution in [2.45, 2.75) is 0 Å². The zero-order valence-electron chi connectivity index (χ0n) is 5.00. The van der Waals surface area contributed by atoms with Crippen molar-refractivity contribution in [1.29, 1.82) is 0 Å². The number of carbonyl (C=O) groups is 1. The van der Waals surface area contributed by atoms with Crippen molar-refractivity contribution in [3.05, 3.63) is 17.0 Å². The Morgan fingerprint density at radius 1 is 1.70 bits per heavy atom. The van der Waals surface area contributed by atoms with Gasteiger partial charge in [-0.05, 0) is 12.1 Å². The van der Waals surface area contributed by atoms with Crippen LogP contribution in [0.15, 0.2) is 12.1 Å². The van der Waals surface area contributed by atoms with Gasteiger partial charge in [0.2, 0.25) is 0 Å². The molecule has 1 aromatic heterocycles. The van der Waals surface area contributed by atoms with E-state index < -0.39 is 5.97 Å². The largest absolute Gasteiger partial charge is 0.477 e. The molecule has 1 heterocycles.